The van der Waals surface area contributed by atoms with Gasteiger partial charge in [0.15, 0.2) is 24.5 Å². The molecule has 4 fully saturated rings. The van der Waals surface area contributed by atoms with E-state index < -0.39 is 175 Å². The fourth-order valence-electron chi connectivity index (χ4n) is 11.2. The minimum absolute atomic E-state index is 0.0322. The number of fused-ring (bicyclic) bond motifs is 6. The lowest BCUT2D eigenvalue weighted by atomic mass is 9.72. The third-order valence-corrected chi connectivity index (χ3v) is 15.2. The number of aromatic hydroxyl groups is 2. The lowest BCUT2D eigenvalue weighted by Gasteiger charge is -2.43. The molecule has 4 heterocycles. The van der Waals surface area contributed by atoms with E-state index in [0.29, 0.717) is 13.2 Å². The minimum Gasteiger partial charge on any atom is -0.507 e. The van der Waals surface area contributed by atoms with Gasteiger partial charge in [0.1, 0.15) is 65.6 Å². The standard InChI is InChI=1S/C52H68N6O22/c1-20(2)36(57-30(60)10-11-53-23(5)59)47(69)56-26(19-76-50-43(67)41(65)42(66)45(80-50)49(70)71)46(68)54-12-13-55-51(72)52(73)17-25-33(40(64)35-34(38(25)62)37(61)24-8-7-9-28(74-6)32(24)39(35)63)29(18-52)78-31-16-27-44(21(3)77-31)79-48-22(4)75-15-14-58(27)48/h7-9,20-22,26-27,29,31,36,41-45,48,50,62,64-67,73H,10-19H2,1-6H3,(H,53,59)(H,54,68)(H,55,72)(H,56,69)(H,57,60)(H,70,71)/t21-,22+,26?,27-,29-,31-,36-,41-,42-,43+,44+,45-,48+,50+,52-/m0/s1. The number of phenols is 2. The van der Waals surface area contributed by atoms with Crippen molar-refractivity contribution in [2.75, 3.05) is 46.5 Å². The van der Waals surface area contributed by atoms with Crippen LogP contribution in [-0.4, -0.2) is 219 Å². The van der Waals surface area contributed by atoms with Crippen molar-refractivity contribution < 1.29 is 107 Å². The van der Waals surface area contributed by atoms with Gasteiger partial charge in [-0.3, -0.25) is 38.5 Å². The first-order chi connectivity index (χ1) is 37.9. The summed E-state index contributed by atoms with van der Waals surface area (Å²) in [6.45, 7) is 7.31. The lowest BCUT2D eigenvalue weighted by molar-refractivity contribution is -0.294. The summed E-state index contributed by atoms with van der Waals surface area (Å²) in [5, 5.41) is 89.8. The van der Waals surface area contributed by atoms with Crippen LogP contribution in [0.5, 0.6) is 17.2 Å². The van der Waals surface area contributed by atoms with Crippen LogP contribution in [0.25, 0.3) is 0 Å². The zero-order valence-electron chi connectivity index (χ0n) is 44.7. The first-order valence-electron chi connectivity index (χ1n) is 26.2. The predicted molar refractivity (Wildman–Crippen MR) is 269 cm³/mol. The second-order valence-electron chi connectivity index (χ2n) is 21.0. The number of nitrogens with zero attached hydrogens (tertiary/aromatic N) is 1. The number of carbonyl (C=O) groups excluding carboxylic acids is 7. The van der Waals surface area contributed by atoms with Gasteiger partial charge in [0, 0.05) is 81.5 Å². The number of morpholine rings is 1. The molecule has 0 spiro atoms. The number of aliphatic hydroxyl groups excluding tert-OH is 3. The average molecular weight is 1130 g/mol. The molecule has 0 aromatic heterocycles. The second-order valence-corrected chi connectivity index (χ2v) is 21.0. The Morgan fingerprint density at radius 2 is 1.56 bits per heavy atom. The second kappa shape index (κ2) is 24.3. The molecule has 0 radical (unpaired) electrons. The van der Waals surface area contributed by atoms with Gasteiger partial charge in [-0.05, 0) is 25.8 Å². The number of rotatable bonds is 19. The quantitative estimate of drug-likeness (QED) is 0.0417. The minimum atomic E-state index is -2.50. The molecule has 4 aliphatic heterocycles. The number of carboxylic acids is 1. The summed E-state index contributed by atoms with van der Waals surface area (Å²) in [7, 11) is 1.30. The van der Waals surface area contributed by atoms with Crippen LogP contribution in [0, 0.1) is 5.92 Å². The number of phenolic OH excluding ortho intramolecular Hbond substituents is 2. The SMILES string of the molecule is COc1cccc2c1C(=O)c1c(O)c3c(c(O)c1C2=O)C[C@@](O)(C(=O)NCCNC(=O)C(CO[C@@H]1O[C@H](C(=O)O)[C@@H](O)[C@H](O)[C@H]1O)NC(=O)[C@@H](NC(=O)CCNC(C)=O)C(C)C)C[C@@H]3O[C@H]1C[C@H]2[C@H](O[C@@H]3[C@@H](C)OCCN32)[C@H](C)O1. The number of ketones is 2. The maximum atomic E-state index is 14.4. The Morgan fingerprint density at radius 1 is 0.850 bits per heavy atom. The number of aliphatic carboxylic acids is 1. The zero-order valence-corrected chi connectivity index (χ0v) is 44.7. The molecule has 28 heteroatoms. The highest BCUT2D eigenvalue weighted by Gasteiger charge is 2.55. The van der Waals surface area contributed by atoms with Crippen molar-refractivity contribution in [2.45, 2.75) is 152 Å². The van der Waals surface area contributed by atoms with E-state index in [9.17, 15) is 74.1 Å². The van der Waals surface area contributed by atoms with Crippen LogP contribution in [0.1, 0.15) is 103 Å². The van der Waals surface area contributed by atoms with Gasteiger partial charge in [-0.1, -0.05) is 26.0 Å². The van der Waals surface area contributed by atoms with Gasteiger partial charge < -0.3 is 95.5 Å². The summed E-state index contributed by atoms with van der Waals surface area (Å²) in [6, 6.07) is 1.03. The highest BCUT2D eigenvalue weighted by Crippen LogP contribution is 2.53. The Kier molecular flexibility index (Phi) is 18.2. The topological polar surface area (TPSA) is 406 Å². The van der Waals surface area contributed by atoms with Crippen LogP contribution < -0.4 is 31.3 Å². The Balaban J connectivity index is 1.02. The van der Waals surface area contributed by atoms with Crippen molar-refractivity contribution in [2.24, 2.45) is 5.92 Å². The molecule has 15 atom stereocenters. The van der Waals surface area contributed by atoms with Crippen molar-refractivity contribution in [3.05, 3.63) is 51.6 Å². The van der Waals surface area contributed by atoms with E-state index in [1.165, 1.54) is 32.2 Å². The highest BCUT2D eigenvalue weighted by atomic mass is 16.7. The number of hydrogen-bond acceptors (Lipinski definition) is 22. The van der Waals surface area contributed by atoms with Crippen LogP contribution in [0.15, 0.2) is 18.2 Å². The fourth-order valence-corrected chi connectivity index (χ4v) is 11.2. The number of amides is 5. The first-order valence-corrected chi connectivity index (χ1v) is 26.2. The van der Waals surface area contributed by atoms with Gasteiger partial charge in [-0.15, -0.1) is 0 Å². The van der Waals surface area contributed by atoms with Crippen molar-refractivity contribution in [1.29, 1.82) is 0 Å². The third kappa shape index (κ3) is 11.8. The van der Waals surface area contributed by atoms with E-state index in [-0.39, 0.29) is 71.9 Å². The molecule has 2 aromatic carbocycles. The van der Waals surface area contributed by atoms with E-state index in [1.807, 2.05) is 6.92 Å². The van der Waals surface area contributed by atoms with Gasteiger partial charge in [0.05, 0.1) is 55.3 Å². The average Bonchev–Trinajstić information content (AvgIpc) is 3.89. The van der Waals surface area contributed by atoms with Crippen molar-refractivity contribution in [3.63, 3.8) is 0 Å². The number of methoxy groups -OCH3 is 1. The van der Waals surface area contributed by atoms with Crippen molar-refractivity contribution in [1.82, 2.24) is 31.5 Å². The van der Waals surface area contributed by atoms with E-state index >= 15 is 0 Å². The van der Waals surface area contributed by atoms with E-state index in [0.717, 1.165) is 0 Å². The smallest absolute Gasteiger partial charge is 0.335 e. The molecule has 2 aromatic rings. The number of carbonyl (C=O) groups is 8. The lowest BCUT2D eigenvalue weighted by Crippen LogP contribution is -2.61. The van der Waals surface area contributed by atoms with Crippen LogP contribution in [-0.2, 0) is 63.6 Å². The normalized spacial score (nSPS) is 30.5. The summed E-state index contributed by atoms with van der Waals surface area (Å²) in [6.07, 6.45) is -15.7. The van der Waals surface area contributed by atoms with Gasteiger partial charge >= 0.3 is 5.97 Å². The van der Waals surface area contributed by atoms with Crippen molar-refractivity contribution >= 4 is 47.1 Å². The molecule has 438 valence electrons. The molecule has 2 aliphatic carbocycles. The Hall–Kier alpha value is -6.44. The molecular formula is C52H68N6O22. The summed E-state index contributed by atoms with van der Waals surface area (Å²) < 4.78 is 41.2. The molecule has 8 rings (SSSR count). The number of nitrogens with one attached hydrogen (secondary N) is 5. The molecule has 4 saturated heterocycles. The number of benzene rings is 2. The molecule has 80 heavy (non-hydrogen) atoms. The molecule has 12 N–H and O–H groups in total. The highest BCUT2D eigenvalue weighted by molar-refractivity contribution is 6.31. The van der Waals surface area contributed by atoms with E-state index in [2.05, 4.69) is 31.5 Å². The van der Waals surface area contributed by atoms with Crippen LogP contribution in [0.3, 0.4) is 0 Å². The fraction of sp³-hybridized carbons (Fsp3) is 0.615. The summed E-state index contributed by atoms with van der Waals surface area (Å²) >= 11 is 0. The zero-order chi connectivity index (χ0) is 58.2. The molecular weight excluding hydrogens is 1060 g/mol. The Labute approximate surface area is 457 Å². The third-order valence-electron chi connectivity index (χ3n) is 15.2. The molecule has 1 unspecified atom stereocenters. The summed E-state index contributed by atoms with van der Waals surface area (Å²) in [5.74, 6) is -9.54. The molecule has 6 aliphatic rings. The van der Waals surface area contributed by atoms with E-state index in [1.54, 1.807) is 20.8 Å². The largest absolute Gasteiger partial charge is 0.507 e. The maximum Gasteiger partial charge on any atom is 0.335 e. The van der Waals surface area contributed by atoms with Gasteiger partial charge in [0.2, 0.25) is 29.4 Å². The predicted octanol–water partition coefficient (Wildman–Crippen LogP) is -3.14. The number of aliphatic hydroxyl groups is 4. The summed E-state index contributed by atoms with van der Waals surface area (Å²) in [5.41, 5.74) is -4.37. The van der Waals surface area contributed by atoms with Crippen LogP contribution in [0.4, 0.5) is 0 Å². The molecule has 0 saturated carbocycles. The summed E-state index contributed by atoms with van der Waals surface area (Å²) in [4.78, 5) is 109. The molecule has 28 nitrogen and oxygen atoms in total. The number of carboxylic acid groups (broad SMARTS) is 1. The Bertz CT molecular complexity index is 2760. The monoisotopic (exact) mass is 1130 g/mol. The molecule has 5 amide bonds. The van der Waals surface area contributed by atoms with Crippen LogP contribution >= 0.6 is 0 Å². The first kappa shape index (κ1) is 59.7. The van der Waals surface area contributed by atoms with Crippen LogP contribution in [0.2, 0.25) is 0 Å². The Morgan fingerprint density at radius 3 is 2.25 bits per heavy atom. The van der Waals surface area contributed by atoms with Crippen molar-refractivity contribution in [3.8, 4) is 17.2 Å². The van der Waals surface area contributed by atoms with Gasteiger partial charge in [0.25, 0.3) is 5.91 Å². The number of hydrogen-bond donors (Lipinski definition) is 12. The van der Waals surface area contributed by atoms with Gasteiger partial charge in [-0.25, -0.2) is 4.79 Å². The molecule has 0 bridgehead atoms. The maximum absolute atomic E-state index is 14.4. The number of ether oxygens (including phenoxy) is 7. The van der Waals surface area contributed by atoms with E-state index in [4.69, 9.17) is 33.2 Å². The van der Waals surface area contributed by atoms with Gasteiger partial charge in [-0.2, -0.15) is 0 Å².